The van der Waals surface area contributed by atoms with E-state index in [0.717, 1.165) is 12.0 Å². The van der Waals surface area contributed by atoms with Crippen molar-refractivity contribution in [1.82, 2.24) is 9.78 Å². The Hall–Kier alpha value is -1.54. The van der Waals surface area contributed by atoms with E-state index >= 15 is 0 Å². The molecule has 8 heteroatoms. The predicted octanol–water partition coefficient (Wildman–Crippen LogP) is 2.96. The SMILES string of the molecule is CC1(C)Cc2cccc(S(=O)(=O)N3CCCn4ncc(Br)c43)c2O1. The van der Waals surface area contributed by atoms with Gasteiger partial charge in [0, 0.05) is 19.5 Å². The molecule has 0 N–H and O–H groups in total. The summed E-state index contributed by atoms with van der Waals surface area (Å²) in [5.41, 5.74) is 0.545. The number of ether oxygens (including phenoxy) is 1. The van der Waals surface area contributed by atoms with Crippen LogP contribution in [-0.4, -0.2) is 30.3 Å². The van der Waals surface area contributed by atoms with Gasteiger partial charge >= 0.3 is 0 Å². The molecule has 0 fully saturated rings. The highest BCUT2D eigenvalue weighted by molar-refractivity contribution is 9.10. The van der Waals surface area contributed by atoms with E-state index in [2.05, 4.69) is 21.0 Å². The van der Waals surface area contributed by atoms with Crippen LogP contribution in [0.2, 0.25) is 0 Å². The molecule has 2 aromatic rings. The number of hydrogen-bond acceptors (Lipinski definition) is 4. The number of halogens is 1. The van der Waals surface area contributed by atoms with Gasteiger partial charge in [0.2, 0.25) is 0 Å². The van der Waals surface area contributed by atoms with Gasteiger partial charge in [-0.25, -0.2) is 17.4 Å². The summed E-state index contributed by atoms with van der Waals surface area (Å²) < 4.78 is 36.5. The standard InChI is InChI=1S/C16H18BrN3O3S/c1-16(2)9-11-5-3-6-13(14(11)23-16)24(21,22)20-8-4-7-19-15(20)12(17)10-18-19/h3,5-6,10H,4,7-9H2,1-2H3. The van der Waals surface area contributed by atoms with E-state index in [1.54, 1.807) is 23.0 Å². The maximum Gasteiger partial charge on any atom is 0.269 e. The molecule has 0 bridgehead atoms. The summed E-state index contributed by atoms with van der Waals surface area (Å²) in [4.78, 5) is 0.229. The molecule has 0 saturated carbocycles. The Bertz CT molecular complexity index is 921. The first-order chi connectivity index (χ1) is 11.3. The number of anilines is 1. The molecule has 128 valence electrons. The number of aryl methyl sites for hydroxylation is 1. The van der Waals surface area contributed by atoms with Crippen molar-refractivity contribution in [2.75, 3.05) is 10.8 Å². The Morgan fingerprint density at radius 3 is 2.88 bits per heavy atom. The summed E-state index contributed by atoms with van der Waals surface area (Å²) in [5, 5.41) is 4.24. The second-order valence-electron chi connectivity index (χ2n) is 6.75. The minimum absolute atomic E-state index is 0.229. The molecule has 1 aromatic heterocycles. The molecule has 1 aromatic carbocycles. The normalized spacial score (nSPS) is 18.9. The number of fused-ring (bicyclic) bond motifs is 2. The molecular formula is C16H18BrN3O3S. The van der Waals surface area contributed by atoms with E-state index in [1.807, 2.05) is 19.9 Å². The van der Waals surface area contributed by atoms with Crippen molar-refractivity contribution in [1.29, 1.82) is 0 Å². The van der Waals surface area contributed by atoms with Crippen LogP contribution in [0.5, 0.6) is 5.75 Å². The number of rotatable bonds is 2. The highest BCUT2D eigenvalue weighted by atomic mass is 79.9. The minimum atomic E-state index is -3.73. The number of aromatic nitrogens is 2. The average molecular weight is 412 g/mol. The maximum atomic E-state index is 13.4. The third kappa shape index (κ3) is 2.35. The molecule has 2 aliphatic rings. The molecule has 24 heavy (non-hydrogen) atoms. The predicted molar refractivity (Wildman–Crippen MR) is 93.9 cm³/mol. The van der Waals surface area contributed by atoms with Gasteiger partial charge < -0.3 is 4.74 Å². The smallest absolute Gasteiger partial charge is 0.269 e. The van der Waals surface area contributed by atoms with Crippen LogP contribution in [0.3, 0.4) is 0 Å². The van der Waals surface area contributed by atoms with Crippen LogP contribution in [0.15, 0.2) is 33.8 Å². The van der Waals surface area contributed by atoms with Crippen LogP contribution in [-0.2, 0) is 23.0 Å². The maximum absolute atomic E-state index is 13.4. The fourth-order valence-corrected chi connectivity index (χ4v) is 5.69. The van der Waals surface area contributed by atoms with Gasteiger partial charge in [0.1, 0.15) is 16.2 Å². The molecule has 0 amide bonds. The number of hydrogen-bond donors (Lipinski definition) is 0. The quantitative estimate of drug-likeness (QED) is 0.761. The van der Waals surface area contributed by atoms with Gasteiger partial charge in [0.15, 0.2) is 5.82 Å². The zero-order valence-corrected chi connectivity index (χ0v) is 15.9. The van der Waals surface area contributed by atoms with E-state index in [4.69, 9.17) is 4.74 Å². The summed E-state index contributed by atoms with van der Waals surface area (Å²) in [7, 11) is -3.73. The largest absolute Gasteiger partial charge is 0.486 e. The van der Waals surface area contributed by atoms with Crippen LogP contribution < -0.4 is 9.04 Å². The topological polar surface area (TPSA) is 64.4 Å². The highest BCUT2D eigenvalue weighted by Gasteiger charge is 2.39. The highest BCUT2D eigenvalue weighted by Crippen LogP contribution is 2.42. The molecule has 0 spiro atoms. The molecule has 6 nitrogen and oxygen atoms in total. The van der Waals surface area contributed by atoms with Gasteiger partial charge in [-0.05, 0) is 47.8 Å². The molecule has 0 unspecified atom stereocenters. The molecule has 2 aliphatic heterocycles. The van der Waals surface area contributed by atoms with Gasteiger partial charge in [0.05, 0.1) is 10.7 Å². The molecule has 3 heterocycles. The van der Waals surface area contributed by atoms with E-state index in [1.165, 1.54) is 4.31 Å². The summed E-state index contributed by atoms with van der Waals surface area (Å²) in [6, 6.07) is 5.34. The molecule has 0 saturated heterocycles. The Balaban J connectivity index is 1.85. The van der Waals surface area contributed by atoms with Gasteiger partial charge in [0.25, 0.3) is 10.0 Å². The van der Waals surface area contributed by atoms with E-state index in [-0.39, 0.29) is 4.90 Å². The number of benzene rings is 1. The lowest BCUT2D eigenvalue weighted by atomic mass is 10.0. The summed E-state index contributed by atoms with van der Waals surface area (Å²) in [5.74, 6) is 1.06. The summed E-state index contributed by atoms with van der Waals surface area (Å²) in [6.45, 7) is 5.08. The lowest BCUT2D eigenvalue weighted by molar-refractivity contribution is 0.135. The fourth-order valence-electron chi connectivity index (χ4n) is 3.38. The van der Waals surface area contributed by atoms with Crippen LogP contribution in [0, 0.1) is 0 Å². The zero-order valence-electron chi connectivity index (χ0n) is 13.5. The van der Waals surface area contributed by atoms with E-state index < -0.39 is 15.6 Å². The first-order valence-corrected chi connectivity index (χ1v) is 10.1. The molecule has 0 radical (unpaired) electrons. The third-order valence-electron chi connectivity index (χ3n) is 4.36. The van der Waals surface area contributed by atoms with Crippen LogP contribution in [0.4, 0.5) is 5.82 Å². The van der Waals surface area contributed by atoms with E-state index in [0.29, 0.717) is 35.6 Å². The van der Waals surface area contributed by atoms with Crippen molar-refractivity contribution in [3.8, 4) is 5.75 Å². The van der Waals surface area contributed by atoms with Crippen molar-refractivity contribution >= 4 is 31.8 Å². The van der Waals surface area contributed by atoms with Crippen LogP contribution >= 0.6 is 15.9 Å². The lowest BCUT2D eigenvalue weighted by Gasteiger charge is -2.29. The monoisotopic (exact) mass is 411 g/mol. The van der Waals surface area contributed by atoms with Crippen LogP contribution in [0.25, 0.3) is 0 Å². The van der Waals surface area contributed by atoms with Crippen molar-refractivity contribution in [2.45, 2.75) is 43.7 Å². The van der Waals surface area contributed by atoms with E-state index in [9.17, 15) is 8.42 Å². The second kappa shape index (κ2) is 5.23. The first kappa shape index (κ1) is 16.0. The molecular weight excluding hydrogens is 394 g/mol. The van der Waals surface area contributed by atoms with Gasteiger partial charge in [-0.15, -0.1) is 0 Å². The third-order valence-corrected chi connectivity index (χ3v) is 6.73. The van der Waals surface area contributed by atoms with Gasteiger partial charge in [-0.1, -0.05) is 12.1 Å². The molecule has 0 atom stereocenters. The fraction of sp³-hybridized carbons (Fsp3) is 0.438. The second-order valence-corrected chi connectivity index (χ2v) is 9.44. The summed E-state index contributed by atoms with van der Waals surface area (Å²) >= 11 is 3.42. The van der Waals surface area contributed by atoms with Gasteiger partial charge in [-0.2, -0.15) is 5.10 Å². The van der Waals surface area contributed by atoms with Crippen LogP contribution in [0.1, 0.15) is 25.8 Å². The average Bonchev–Trinajstić information content (AvgIpc) is 3.05. The Labute approximate surface area is 149 Å². The summed E-state index contributed by atoms with van der Waals surface area (Å²) in [6.07, 6.45) is 3.06. The Morgan fingerprint density at radius 2 is 2.08 bits per heavy atom. The lowest BCUT2D eigenvalue weighted by Crippen LogP contribution is -2.38. The number of nitrogens with zero attached hydrogens (tertiary/aromatic N) is 3. The first-order valence-electron chi connectivity index (χ1n) is 7.84. The molecule has 4 rings (SSSR count). The Kier molecular flexibility index (Phi) is 3.47. The zero-order chi connectivity index (χ0) is 17.1. The van der Waals surface area contributed by atoms with Crippen molar-refractivity contribution < 1.29 is 13.2 Å². The number of para-hydroxylation sites is 1. The van der Waals surface area contributed by atoms with Crippen molar-refractivity contribution in [3.05, 3.63) is 34.4 Å². The minimum Gasteiger partial charge on any atom is -0.486 e. The molecule has 0 aliphatic carbocycles. The number of sulfonamides is 1. The van der Waals surface area contributed by atoms with Crippen molar-refractivity contribution in [3.63, 3.8) is 0 Å². The van der Waals surface area contributed by atoms with Crippen molar-refractivity contribution in [2.24, 2.45) is 0 Å². The van der Waals surface area contributed by atoms with Gasteiger partial charge in [-0.3, -0.25) is 0 Å². The Morgan fingerprint density at radius 1 is 1.29 bits per heavy atom.